The van der Waals surface area contributed by atoms with E-state index in [1.54, 1.807) is 0 Å². The minimum atomic E-state index is -1.73. The number of amides is 1. The van der Waals surface area contributed by atoms with E-state index in [9.17, 15) is 4.79 Å². The van der Waals surface area contributed by atoms with Crippen LogP contribution in [0.15, 0.2) is 0 Å². The van der Waals surface area contributed by atoms with Crippen molar-refractivity contribution in [1.82, 2.24) is 5.32 Å². The first-order valence-corrected chi connectivity index (χ1v) is 7.52. The molecule has 0 radical (unpaired) electrons. The van der Waals surface area contributed by atoms with Crippen molar-refractivity contribution in [3.8, 4) is 0 Å². The van der Waals surface area contributed by atoms with Crippen molar-refractivity contribution in [3.05, 3.63) is 0 Å². The lowest BCUT2D eigenvalue weighted by Crippen LogP contribution is -2.44. The van der Waals surface area contributed by atoms with E-state index in [1.807, 2.05) is 40.4 Å². The Hall–Kier alpha value is -0.513. The third-order valence-corrected chi connectivity index (χ3v) is 1.67. The molecule has 0 bridgehead atoms. The summed E-state index contributed by atoms with van der Waals surface area (Å²) in [5, 5.41) is 2.75. The Morgan fingerprint density at radius 2 is 1.67 bits per heavy atom. The van der Waals surface area contributed by atoms with E-state index in [0.29, 0.717) is 0 Å². The quantitative estimate of drug-likeness (QED) is 0.643. The number of hydrogen-bond acceptors (Lipinski definition) is 2. The van der Waals surface area contributed by atoms with E-state index < -0.39 is 8.32 Å². The summed E-state index contributed by atoms with van der Waals surface area (Å²) in [5.74, 6) is 0. The highest BCUT2D eigenvalue weighted by molar-refractivity contribution is 6.71. The van der Waals surface area contributed by atoms with Gasteiger partial charge >= 0.3 is 6.09 Å². The molecule has 0 aliphatic heterocycles. The van der Waals surface area contributed by atoms with E-state index in [2.05, 4.69) is 5.32 Å². The largest absolute Gasteiger partial charge is 0.504 e. The molecule has 0 rings (SSSR count). The fourth-order valence-electron chi connectivity index (χ4n) is 0.610. The molecule has 3 nitrogen and oxygen atoms in total. The average molecular weight is 189 g/mol. The molecule has 0 aliphatic rings. The fraction of sp³-hybridized carbons (Fsp3) is 0.875. The molecule has 0 heterocycles. The van der Waals surface area contributed by atoms with E-state index in [4.69, 9.17) is 4.43 Å². The molecule has 0 unspecified atom stereocenters. The number of carbonyl (C=O) groups is 1. The molecule has 1 amide bonds. The first-order chi connectivity index (χ1) is 5.10. The molecule has 0 spiro atoms. The van der Waals surface area contributed by atoms with E-state index in [-0.39, 0.29) is 11.6 Å². The van der Waals surface area contributed by atoms with Crippen LogP contribution in [-0.4, -0.2) is 19.9 Å². The second-order valence-corrected chi connectivity index (χ2v) is 9.31. The first-order valence-electron chi connectivity index (χ1n) is 4.11. The minimum absolute atomic E-state index is 0.212. The zero-order valence-corrected chi connectivity index (χ0v) is 9.82. The van der Waals surface area contributed by atoms with Crippen LogP contribution in [0.2, 0.25) is 19.6 Å². The van der Waals surface area contributed by atoms with Crippen LogP contribution in [0, 0.1) is 0 Å². The summed E-state index contributed by atoms with van der Waals surface area (Å²) in [6, 6.07) is 0. The van der Waals surface area contributed by atoms with E-state index >= 15 is 0 Å². The maximum absolute atomic E-state index is 11.2. The zero-order valence-electron chi connectivity index (χ0n) is 8.82. The van der Waals surface area contributed by atoms with Crippen LogP contribution in [0.4, 0.5) is 4.79 Å². The highest BCUT2D eigenvalue weighted by Gasteiger charge is 2.22. The molecule has 4 heteroatoms. The zero-order chi connectivity index (χ0) is 9.99. The van der Waals surface area contributed by atoms with Gasteiger partial charge in [-0.1, -0.05) is 0 Å². The van der Waals surface area contributed by atoms with Crippen LogP contribution in [0.25, 0.3) is 0 Å². The molecule has 0 aliphatic carbocycles. The SMILES string of the molecule is CC(C)(C)NC(=O)O[Si](C)(C)C. The van der Waals surface area contributed by atoms with Crippen LogP contribution in [0.5, 0.6) is 0 Å². The lowest BCUT2D eigenvalue weighted by molar-refractivity contribution is 0.189. The number of nitrogens with one attached hydrogen (secondary N) is 1. The molecule has 12 heavy (non-hydrogen) atoms. The van der Waals surface area contributed by atoms with Gasteiger partial charge in [0.1, 0.15) is 0 Å². The average Bonchev–Trinajstić information content (AvgIpc) is 1.49. The number of rotatable bonds is 1. The van der Waals surface area contributed by atoms with Gasteiger partial charge in [-0.2, -0.15) is 0 Å². The minimum Gasteiger partial charge on any atom is -0.504 e. The number of carbonyl (C=O) groups excluding carboxylic acids is 1. The second-order valence-electron chi connectivity index (χ2n) is 4.88. The summed E-state index contributed by atoms with van der Waals surface area (Å²) in [6.07, 6.45) is -0.304. The first kappa shape index (κ1) is 11.5. The van der Waals surface area contributed by atoms with Gasteiger partial charge in [0.2, 0.25) is 8.32 Å². The molecular formula is C8H19NO2Si. The molecule has 0 saturated carbocycles. The Bertz CT molecular complexity index is 149. The van der Waals surface area contributed by atoms with Gasteiger partial charge in [-0.05, 0) is 40.4 Å². The van der Waals surface area contributed by atoms with Gasteiger partial charge in [-0.3, -0.25) is 0 Å². The second kappa shape index (κ2) is 3.47. The third kappa shape index (κ3) is 7.59. The van der Waals surface area contributed by atoms with Gasteiger partial charge in [-0.25, -0.2) is 4.79 Å². The van der Waals surface area contributed by atoms with Gasteiger partial charge in [-0.15, -0.1) is 0 Å². The van der Waals surface area contributed by atoms with Gasteiger partial charge in [0.05, 0.1) is 0 Å². The monoisotopic (exact) mass is 189 g/mol. The molecule has 0 saturated heterocycles. The fourth-order valence-corrected chi connectivity index (χ4v) is 1.22. The Balaban J connectivity index is 3.92. The molecule has 0 aromatic carbocycles. The van der Waals surface area contributed by atoms with Crippen molar-refractivity contribution in [2.24, 2.45) is 0 Å². The summed E-state index contributed by atoms with van der Waals surface area (Å²) < 4.78 is 5.20. The summed E-state index contributed by atoms with van der Waals surface area (Å²) in [7, 11) is -1.73. The summed E-state index contributed by atoms with van der Waals surface area (Å²) in [5.41, 5.74) is -0.212. The molecule has 0 aromatic rings. The van der Waals surface area contributed by atoms with Gasteiger partial charge in [0.25, 0.3) is 0 Å². The predicted octanol–water partition coefficient (Wildman–Crippen LogP) is 2.35. The van der Waals surface area contributed by atoms with Crippen molar-refractivity contribution in [3.63, 3.8) is 0 Å². The third-order valence-electron chi connectivity index (χ3n) is 0.876. The van der Waals surface area contributed by atoms with Crippen LogP contribution in [0.1, 0.15) is 20.8 Å². The molecule has 1 N–H and O–H groups in total. The van der Waals surface area contributed by atoms with E-state index in [0.717, 1.165) is 0 Å². The molecule has 72 valence electrons. The van der Waals surface area contributed by atoms with Crippen molar-refractivity contribution in [2.45, 2.75) is 46.0 Å². The van der Waals surface area contributed by atoms with Crippen LogP contribution in [-0.2, 0) is 4.43 Å². The van der Waals surface area contributed by atoms with Crippen LogP contribution < -0.4 is 5.32 Å². The summed E-state index contributed by atoms with van der Waals surface area (Å²) in [4.78, 5) is 11.2. The molecule has 0 aromatic heterocycles. The smallest absolute Gasteiger partial charge is 0.393 e. The van der Waals surface area contributed by atoms with Crippen LogP contribution >= 0.6 is 0 Å². The standard InChI is InChI=1S/C8H19NO2Si/c1-8(2,3)9-7(10)11-12(4,5)6/h1-6H3,(H,9,10). The predicted molar refractivity (Wildman–Crippen MR) is 52.7 cm³/mol. The van der Waals surface area contributed by atoms with Gasteiger partial charge in [0, 0.05) is 5.54 Å². The Morgan fingerprint density at radius 3 is 1.92 bits per heavy atom. The van der Waals surface area contributed by atoms with Crippen molar-refractivity contribution >= 4 is 14.4 Å². The topological polar surface area (TPSA) is 38.3 Å². The van der Waals surface area contributed by atoms with Crippen molar-refractivity contribution < 1.29 is 9.22 Å². The van der Waals surface area contributed by atoms with Gasteiger partial charge < -0.3 is 9.74 Å². The van der Waals surface area contributed by atoms with Crippen molar-refractivity contribution in [1.29, 1.82) is 0 Å². The molecular weight excluding hydrogens is 170 g/mol. The Labute approximate surface area is 75.6 Å². The maximum atomic E-state index is 11.2. The van der Waals surface area contributed by atoms with Crippen molar-refractivity contribution in [2.75, 3.05) is 0 Å². The maximum Gasteiger partial charge on any atom is 0.393 e. The van der Waals surface area contributed by atoms with Gasteiger partial charge in [0.15, 0.2) is 0 Å². The number of hydrogen-bond donors (Lipinski definition) is 1. The van der Waals surface area contributed by atoms with Crippen LogP contribution in [0.3, 0.4) is 0 Å². The lowest BCUT2D eigenvalue weighted by atomic mass is 10.1. The lowest BCUT2D eigenvalue weighted by Gasteiger charge is -2.24. The summed E-state index contributed by atoms with van der Waals surface area (Å²) in [6.45, 7) is 11.7. The molecule has 0 atom stereocenters. The highest BCUT2D eigenvalue weighted by Crippen LogP contribution is 2.05. The highest BCUT2D eigenvalue weighted by atomic mass is 28.4. The molecule has 0 fully saturated rings. The summed E-state index contributed by atoms with van der Waals surface area (Å²) >= 11 is 0. The Kier molecular flexibility index (Phi) is 3.32. The Morgan fingerprint density at radius 1 is 1.25 bits per heavy atom. The van der Waals surface area contributed by atoms with E-state index in [1.165, 1.54) is 0 Å². The normalized spacial score (nSPS) is 12.5.